The zero-order chi connectivity index (χ0) is 15.5. The van der Waals surface area contributed by atoms with Crippen LogP contribution in [0.15, 0.2) is 18.2 Å². The number of nitrogens with one attached hydrogen (secondary N) is 1. The highest BCUT2D eigenvalue weighted by Gasteiger charge is 2.31. The zero-order valence-electron chi connectivity index (χ0n) is 12.2. The van der Waals surface area contributed by atoms with E-state index in [-0.39, 0.29) is 17.8 Å². The molecule has 1 aromatic rings. The summed E-state index contributed by atoms with van der Waals surface area (Å²) in [5.41, 5.74) is 0. The lowest BCUT2D eigenvalue weighted by atomic mass is 9.93. The van der Waals surface area contributed by atoms with Gasteiger partial charge in [0.15, 0.2) is 0 Å². The van der Waals surface area contributed by atoms with Crippen molar-refractivity contribution in [2.24, 2.45) is 5.92 Å². The van der Waals surface area contributed by atoms with Gasteiger partial charge in [-0.3, -0.25) is 0 Å². The minimum absolute atomic E-state index is 0.0211. The lowest BCUT2D eigenvalue weighted by Gasteiger charge is -2.38. The van der Waals surface area contributed by atoms with Gasteiger partial charge in [0, 0.05) is 38.2 Å². The highest BCUT2D eigenvalue weighted by Crippen LogP contribution is 2.24. The summed E-state index contributed by atoms with van der Waals surface area (Å²) in [4.78, 5) is 6.12. The number of aromatic hydroxyl groups is 1. The third-order valence-electron chi connectivity index (χ3n) is 3.52. The molecule has 21 heavy (non-hydrogen) atoms. The Labute approximate surface area is 125 Å². The smallest absolute Gasteiger partial charge is 0.212 e. The molecule has 0 amide bonds. The van der Waals surface area contributed by atoms with Crippen molar-refractivity contribution in [3.63, 3.8) is 0 Å². The molecule has 0 spiro atoms. The van der Waals surface area contributed by atoms with Crippen molar-refractivity contribution in [2.45, 2.75) is 12.5 Å². The zero-order valence-corrected chi connectivity index (χ0v) is 13.0. The molecule has 2 N–H and O–H groups in total. The molecule has 1 fully saturated rings. The molecule has 2 atom stereocenters. The number of rotatable bonds is 5. The van der Waals surface area contributed by atoms with Crippen LogP contribution < -0.4 is 9.62 Å². The Morgan fingerprint density at radius 2 is 2.29 bits per heavy atom. The standard InChI is InChI=1S/C13H21N3O4S/c1-20-9-10-8-16(12-4-3-5-13(17)14-12)7-6-11(10)15-21(2,18)19/h3-5,10-11,15H,6-9H2,1-2H3,(H,14,17)/t10-,11?/m0/s1. The van der Waals surface area contributed by atoms with Crippen LogP contribution in [0.3, 0.4) is 0 Å². The van der Waals surface area contributed by atoms with E-state index in [0.29, 0.717) is 31.9 Å². The number of ether oxygens (including phenoxy) is 1. The predicted octanol–water partition coefficient (Wildman–Crippen LogP) is 0.178. The lowest BCUT2D eigenvalue weighted by molar-refractivity contribution is 0.128. The lowest BCUT2D eigenvalue weighted by Crippen LogP contribution is -2.52. The molecular formula is C13H21N3O4S. The van der Waals surface area contributed by atoms with E-state index in [2.05, 4.69) is 9.71 Å². The second-order valence-electron chi connectivity index (χ2n) is 5.30. The molecule has 2 heterocycles. The normalized spacial score (nSPS) is 23.2. The maximum absolute atomic E-state index is 11.4. The fourth-order valence-corrected chi connectivity index (χ4v) is 3.50. The summed E-state index contributed by atoms with van der Waals surface area (Å²) in [6.45, 7) is 1.75. The van der Waals surface area contributed by atoms with Crippen molar-refractivity contribution in [2.75, 3.05) is 38.0 Å². The molecule has 0 aliphatic carbocycles. The number of nitrogens with zero attached hydrogens (tertiary/aromatic N) is 2. The van der Waals surface area contributed by atoms with E-state index in [0.717, 1.165) is 0 Å². The number of piperidine rings is 1. The van der Waals surface area contributed by atoms with Crippen LogP contribution in [0.1, 0.15) is 6.42 Å². The van der Waals surface area contributed by atoms with Crippen molar-refractivity contribution in [3.05, 3.63) is 18.2 Å². The maximum atomic E-state index is 11.4. The van der Waals surface area contributed by atoms with Crippen molar-refractivity contribution < 1.29 is 18.3 Å². The topological polar surface area (TPSA) is 91.8 Å². The van der Waals surface area contributed by atoms with E-state index in [9.17, 15) is 13.5 Å². The molecule has 7 nitrogen and oxygen atoms in total. The molecule has 1 aromatic heterocycles. The van der Waals surface area contributed by atoms with E-state index >= 15 is 0 Å². The van der Waals surface area contributed by atoms with Gasteiger partial charge in [-0.15, -0.1) is 0 Å². The van der Waals surface area contributed by atoms with Crippen LogP contribution in [0.5, 0.6) is 5.88 Å². The number of anilines is 1. The van der Waals surface area contributed by atoms with E-state index in [1.165, 1.54) is 12.3 Å². The quantitative estimate of drug-likeness (QED) is 0.805. The fraction of sp³-hybridized carbons (Fsp3) is 0.615. The van der Waals surface area contributed by atoms with E-state index in [4.69, 9.17) is 4.74 Å². The fourth-order valence-electron chi connectivity index (χ4n) is 2.64. The van der Waals surface area contributed by atoms with Gasteiger partial charge in [0.25, 0.3) is 0 Å². The molecule has 1 aliphatic heterocycles. The van der Waals surface area contributed by atoms with E-state index in [1.54, 1.807) is 13.2 Å². The summed E-state index contributed by atoms with van der Waals surface area (Å²) in [6, 6.07) is 4.94. The van der Waals surface area contributed by atoms with Crippen LogP contribution in [0.2, 0.25) is 0 Å². The van der Waals surface area contributed by atoms with Crippen molar-refractivity contribution in [3.8, 4) is 5.88 Å². The second kappa shape index (κ2) is 6.59. The number of hydrogen-bond donors (Lipinski definition) is 2. The monoisotopic (exact) mass is 315 g/mol. The van der Waals surface area contributed by atoms with Crippen LogP contribution in [0.25, 0.3) is 0 Å². The molecule has 0 saturated carbocycles. The Kier molecular flexibility index (Phi) is 5.02. The molecule has 1 unspecified atom stereocenters. The predicted molar refractivity (Wildman–Crippen MR) is 79.9 cm³/mol. The minimum atomic E-state index is -3.24. The van der Waals surface area contributed by atoms with Gasteiger partial charge in [-0.25, -0.2) is 13.1 Å². The van der Waals surface area contributed by atoms with Gasteiger partial charge in [-0.05, 0) is 12.5 Å². The molecule has 2 rings (SSSR count). The van der Waals surface area contributed by atoms with Crippen LogP contribution >= 0.6 is 0 Å². The van der Waals surface area contributed by atoms with Gasteiger partial charge in [-0.2, -0.15) is 4.98 Å². The molecule has 8 heteroatoms. The van der Waals surface area contributed by atoms with Crippen molar-refractivity contribution in [1.29, 1.82) is 0 Å². The summed E-state index contributed by atoms with van der Waals surface area (Å²) in [5, 5.41) is 9.46. The summed E-state index contributed by atoms with van der Waals surface area (Å²) in [5.74, 6) is 0.698. The third-order valence-corrected chi connectivity index (χ3v) is 4.25. The van der Waals surface area contributed by atoms with Crippen LogP contribution in [-0.4, -0.2) is 57.6 Å². The minimum Gasteiger partial charge on any atom is -0.493 e. The first-order valence-corrected chi connectivity index (χ1v) is 8.65. The van der Waals surface area contributed by atoms with Crippen LogP contribution in [0, 0.1) is 5.92 Å². The second-order valence-corrected chi connectivity index (χ2v) is 7.08. The first-order chi connectivity index (χ1) is 9.89. The number of methoxy groups -OCH3 is 1. The molecule has 0 aromatic carbocycles. The number of sulfonamides is 1. The number of hydrogen-bond acceptors (Lipinski definition) is 6. The number of pyridine rings is 1. The van der Waals surface area contributed by atoms with Gasteiger partial charge < -0.3 is 14.7 Å². The van der Waals surface area contributed by atoms with Gasteiger partial charge in [-0.1, -0.05) is 6.07 Å². The summed E-state index contributed by atoms with van der Waals surface area (Å²) in [6.07, 6.45) is 1.83. The maximum Gasteiger partial charge on any atom is 0.212 e. The third kappa shape index (κ3) is 4.55. The largest absolute Gasteiger partial charge is 0.493 e. The molecule has 1 aliphatic rings. The first-order valence-electron chi connectivity index (χ1n) is 6.76. The van der Waals surface area contributed by atoms with Crippen molar-refractivity contribution in [1.82, 2.24) is 9.71 Å². The summed E-state index contributed by atoms with van der Waals surface area (Å²) >= 11 is 0. The summed E-state index contributed by atoms with van der Waals surface area (Å²) in [7, 11) is -1.64. The summed E-state index contributed by atoms with van der Waals surface area (Å²) < 4.78 is 30.7. The van der Waals surface area contributed by atoms with Gasteiger partial charge in [0.2, 0.25) is 15.9 Å². The highest BCUT2D eigenvalue weighted by molar-refractivity contribution is 7.88. The van der Waals surface area contributed by atoms with E-state index in [1.807, 2.05) is 11.0 Å². The van der Waals surface area contributed by atoms with Gasteiger partial charge >= 0.3 is 0 Å². The number of aromatic nitrogens is 1. The van der Waals surface area contributed by atoms with Gasteiger partial charge in [0.1, 0.15) is 5.82 Å². The Bertz CT molecular complexity index is 579. The molecule has 0 bridgehead atoms. The molecule has 0 radical (unpaired) electrons. The Morgan fingerprint density at radius 3 is 2.90 bits per heavy atom. The SMILES string of the molecule is COC[C@@H]1CN(c2cccc(O)n2)CCC1NS(C)(=O)=O. The van der Waals surface area contributed by atoms with Crippen LogP contribution in [-0.2, 0) is 14.8 Å². The Morgan fingerprint density at radius 1 is 1.52 bits per heavy atom. The Hall–Kier alpha value is -1.38. The molecule has 118 valence electrons. The van der Waals surface area contributed by atoms with Crippen molar-refractivity contribution >= 4 is 15.8 Å². The van der Waals surface area contributed by atoms with Gasteiger partial charge in [0.05, 0.1) is 12.9 Å². The van der Waals surface area contributed by atoms with E-state index < -0.39 is 10.0 Å². The highest BCUT2D eigenvalue weighted by atomic mass is 32.2. The van der Waals surface area contributed by atoms with Crippen LogP contribution in [0.4, 0.5) is 5.82 Å². The average Bonchev–Trinajstić information content (AvgIpc) is 2.39. The average molecular weight is 315 g/mol. The first kappa shape index (κ1) is 16.0. The molecule has 1 saturated heterocycles. The Balaban J connectivity index is 2.11. The molecular weight excluding hydrogens is 294 g/mol.